The highest BCUT2D eigenvalue weighted by atomic mass is 14.0. The first-order valence-electron chi connectivity index (χ1n) is 4.83. The van der Waals surface area contributed by atoms with Gasteiger partial charge < -0.3 is 0 Å². The standard InChI is InChI=1S/C11H22/c1-5-6-7-11(4)9-8-10(2)3/h6-7,10-11H,5,8-9H2,1-4H3. The summed E-state index contributed by atoms with van der Waals surface area (Å²) < 4.78 is 0. The predicted octanol–water partition coefficient (Wildman–Crippen LogP) is 4.02. The molecule has 0 aliphatic heterocycles. The minimum Gasteiger partial charge on any atom is -0.0885 e. The zero-order valence-electron chi connectivity index (χ0n) is 8.43. The van der Waals surface area contributed by atoms with Crippen molar-refractivity contribution in [1.82, 2.24) is 0 Å². The molecule has 0 aliphatic rings. The summed E-state index contributed by atoms with van der Waals surface area (Å²) in [6.07, 6.45) is 8.47. The van der Waals surface area contributed by atoms with Gasteiger partial charge in [0.25, 0.3) is 0 Å². The summed E-state index contributed by atoms with van der Waals surface area (Å²) in [5.74, 6) is 1.63. The van der Waals surface area contributed by atoms with Gasteiger partial charge in [0.05, 0.1) is 0 Å². The Kier molecular flexibility index (Phi) is 6.30. The molecule has 0 rings (SSSR count). The van der Waals surface area contributed by atoms with Gasteiger partial charge in [-0.25, -0.2) is 0 Å². The fourth-order valence-electron chi connectivity index (χ4n) is 1.06. The second-order valence-corrected chi connectivity index (χ2v) is 3.78. The van der Waals surface area contributed by atoms with Crippen LogP contribution in [0.1, 0.15) is 47.0 Å². The Hall–Kier alpha value is -0.260. The van der Waals surface area contributed by atoms with Crippen LogP contribution < -0.4 is 0 Å². The molecule has 0 bridgehead atoms. The van der Waals surface area contributed by atoms with Gasteiger partial charge in [0.15, 0.2) is 0 Å². The van der Waals surface area contributed by atoms with Crippen molar-refractivity contribution in [2.75, 3.05) is 0 Å². The molecule has 0 saturated heterocycles. The van der Waals surface area contributed by atoms with E-state index in [0.717, 1.165) is 11.8 Å². The largest absolute Gasteiger partial charge is 0.0885 e. The maximum absolute atomic E-state index is 2.34. The Balaban J connectivity index is 3.36. The highest BCUT2D eigenvalue weighted by Gasteiger charge is 1.98. The van der Waals surface area contributed by atoms with Crippen LogP contribution in [-0.2, 0) is 0 Å². The summed E-state index contributed by atoms with van der Waals surface area (Å²) in [7, 11) is 0. The Morgan fingerprint density at radius 1 is 1.09 bits per heavy atom. The van der Waals surface area contributed by atoms with Gasteiger partial charge in [0.2, 0.25) is 0 Å². The van der Waals surface area contributed by atoms with Gasteiger partial charge in [-0.05, 0) is 24.7 Å². The lowest BCUT2D eigenvalue weighted by Gasteiger charge is -2.07. The third-order valence-corrected chi connectivity index (χ3v) is 1.90. The van der Waals surface area contributed by atoms with E-state index in [1.807, 2.05) is 0 Å². The molecule has 0 saturated carbocycles. The molecule has 66 valence electrons. The van der Waals surface area contributed by atoms with E-state index in [1.165, 1.54) is 19.3 Å². The minimum absolute atomic E-state index is 0.775. The number of rotatable bonds is 5. The van der Waals surface area contributed by atoms with Crippen LogP contribution >= 0.6 is 0 Å². The van der Waals surface area contributed by atoms with E-state index in [4.69, 9.17) is 0 Å². The molecule has 11 heavy (non-hydrogen) atoms. The topological polar surface area (TPSA) is 0 Å². The van der Waals surface area contributed by atoms with Gasteiger partial charge in [-0.3, -0.25) is 0 Å². The Morgan fingerprint density at radius 2 is 1.73 bits per heavy atom. The van der Waals surface area contributed by atoms with E-state index in [9.17, 15) is 0 Å². The second kappa shape index (κ2) is 6.45. The van der Waals surface area contributed by atoms with E-state index >= 15 is 0 Å². The monoisotopic (exact) mass is 154 g/mol. The molecule has 0 aromatic rings. The highest BCUT2D eigenvalue weighted by molar-refractivity contribution is 4.85. The molecule has 0 radical (unpaired) electrons. The third kappa shape index (κ3) is 7.64. The molecule has 0 nitrogen and oxygen atoms in total. The molecule has 1 unspecified atom stereocenters. The van der Waals surface area contributed by atoms with Gasteiger partial charge in [-0.2, -0.15) is 0 Å². The summed E-state index contributed by atoms with van der Waals surface area (Å²) in [5, 5.41) is 0. The van der Waals surface area contributed by atoms with Crippen molar-refractivity contribution in [1.29, 1.82) is 0 Å². The summed E-state index contributed by atoms with van der Waals surface area (Å²) in [4.78, 5) is 0. The first kappa shape index (κ1) is 10.7. The van der Waals surface area contributed by atoms with E-state index in [0.29, 0.717) is 0 Å². The van der Waals surface area contributed by atoms with Crippen molar-refractivity contribution in [2.45, 2.75) is 47.0 Å². The first-order valence-corrected chi connectivity index (χ1v) is 4.83. The van der Waals surface area contributed by atoms with E-state index in [2.05, 4.69) is 39.8 Å². The second-order valence-electron chi connectivity index (χ2n) is 3.78. The summed E-state index contributed by atoms with van der Waals surface area (Å²) >= 11 is 0. The van der Waals surface area contributed by atoms with Crippen LogP contribution in [0, 0.1) is 11.8 Å². The molecule has 0 aromatic heterocycles. The van der Waals surface area contributed by atoms with Crippen LogP contribution in [0.3, 0.4) is 0 Å². The molecule has 0 amide bonds. The van der Waals surface area contributed by atoms with Crippen molar-refractivity contribution in [2.24, 2.45) is 11.8 Å². The average molecular weight is 154 g/mol. The molecule has 0 aromatic carbocycles. The Morgan fingerprint density at radius 3 is 2.18 bits per heavy atom. The number of hydrogen-bond acceptors (Lipinski definition) is 0. The fourth-order valence-corrected chi connectivity index (χ4v) is 1.06. The first-order chi connectivity index (χ1) is 5.16. The number of allylic oxidation sites excluding steroid dienone is 2. The minimum atomic E-state index is 0.775. The summed E-state index contributed by atoms with van der Waals surface area (Å²) in [6, 6.07) is 0. The molecule has 0 N–H and O–H groups in total. The molecule has 0 fully saturated rings. The SMILES string of the molecule is CCC=CC(C)CCC(C)C. The van der Waals surface area contributed by atoms with Gasteiger partial charge in [0, 0.05) is 0 Å². The Labute approximate surface area is 71.7 Å². The van der Waals surface area contributed by atoms with Crippen LogP contribution in [-0.4, -0.2) is 0 Å². The van der Waals surface area contributed by atoms with Crippen molar-refractivity contribution in [3.05, 3.63) is 12.2 Å². The fraction of sp³-hybridized carbons (Fsp3) is 0.818. The van der Waals surface area contributed by atoms with Crippen molar-refractivity contribution < 1.29 is 0 Å². The van der Waals surface area contributed by atoms with Crippen LogP contribution in [0.15, 0.2) is 12.2 Å². The molecule has 0 spiro atoms. The van der Waals surface area contributed by atoms with E-state index < -0.39 is 0 Å². The molecule has 0 heterocycles. The van der Waals surface area contributed by atoms with Crippen LogP contribution in [0.4, 0.5) is 0 Å². The lowest BCUT2D eigenvalue weighted by atomic mass is 9.99. The van der Waals surface area contributed by atoms with Crippen LogP contribution in [0.5, 0.6) is 0 Å². The summed E-state index contributed by atoms with van der Waals surface area (Å²) in [5.41, 5.74) is 0. The molecule has 0 aliphatic carbocycles. The van der Waals surface area contributed by atoms with Crippen molar-refractivity contribution in [3.63, 3.8) is 0 Å². The normalized spacial score (nSPS) is 14.6. The smallest absolute Gasteiger partial charge is 0.0262 e. The lowest BCUT2D eigenvalue weighted by Crippen LogP contribution is -1.93. The van der Waals surface area contributed by atoms with Crippen molar-refractivity contribution in [3.8, 4) is 0 Å². The maximum atomic E-state index is 2.34. The van der Waals surface area contributed by atoms with E-state index in [1.54, 1.807) is 0 Å². The number of hydrogen-bond donors (Lipinski definition) is 0. The molecular formula is C11H22. The van der Waals surface area contributed by atoms with Crippen molar-refractivity contribution >= 4 is 0 Å². The Bertz CT molecular complexity index is 101. The molecular weight excluding hydrogens is 132 g/mol. The zero-order chi connectivity index (χ0) is 8.69. The summed E-state index contributed by atoms with van der Waals surface area (Å²) in [6.45, 7) is 9.06. The molecule has 1 atom stereocenters. The van der Waals surface area contributed by atoms with Gasteiger partial charge >= 0.3 is 0 Å². The van der Waals surface area contributed by atoms with Gasteiger partial charge in [-0.1, -0.05) is 46.3 Å². The highest BCUT2D eigenvalue weighted by Crippen LogP contribution is 2.12. The average Bonchev–Trinajstić information content (AvgIpc) is 1.97. The lowest BCUT2D eigenvalue weighted by molar-refractivity contribution is 0.501. The zero-order valence-corrected chi connectivity index (χ0v) is 8.43. The van der Waals surface area contributed by atoms with E-state index in [-0.39, 0.29) is 0 Å². The molecule has 0 heteroatoms. The van der Waals surface area contributed by atoms with Crippen LogP contribution in [0.2, 0.25) is 0 Å². The maximum Gasteiger partial charge on any atom is -0.0262 e. The van der Waals surface area contributed by atoms with Crippen LogP contribution in [0.25, 0.3) is 0 Å². The quantitative estimate of drug-likeness (QED) is 0.524. The predicted molar refractivity (Wildman–Crippen MR) is 52.7 cm³/mol. The van der Waals surface area contributed by atoms with Gasteiger partial charge in [-0.15, -0.1) is 0 Å². The third-order valence-electron chi connectivity index (χ3n) is 1.90. The van der Waals surface area contributed by atoms with Gasteiger partial charge in [0.1, 0.15) is 0 Å².